The molecular formula is C17H21ClFNO. The molecule has 0 fully saturated rings. The molecule has 0 aromatic heterocycles. The standard InChI is InChI=1S/C17H20FNO.ClH/c1-11-7-13(8-12(2)16(11)10-19-3)15-9-14(20-4)5-6-17(15)18;/h5-9,19H,10H2,1-4H3;1H. The van der Waals surface area contributed by atoms with Crippen LogP contribution < -0.4 is 10.1 Å². The molecule has 21 heavy (non-hydrogen) atoms. The van der Waals surface area contributed by atoms with Gasteiger partial charge in [0.1, 0.15) is 11.6 Å². The molecule has 2 aromatic carbocycles. The van der Waals surface area contributed by atoms with Gasteiger partial charge in [-0.2, -0.15) is 0 Å². The van der Waals surface area contributed by atoms with Crippen LogP contribution in [-0.2, 0) is 6.54 Å². The predicted molar refractivity (Wildman–Crippen MR) is 87.9 cm³/mol. The Hall–Kier alpha value is -1.58. The van der Waals surface area contributed by atoms with E-state index in [1.165, 1.54) is 11.6 Å². The van der Waals surface area contributed by atoms with Crippen LogP contribution in [0, 0.1) is 19.7 Å². The summed E-state index contributed by atoms with van der Waals surface area (Å²) >= 11 is 0. The molecule has 0 atom stereocenters. The molecule has 0 aliphatic rings. The lowest BCUT2D eigenvalue weighted by molar-refractivity contribution is 0.414. The van der Waals surface area contributed by atoms with Crippen LogP contribution in [0.5, 0.6) is 5.75 Å². The van der Waals surface area contributed by atoms with Crippen molar-refractivity contribution in [3.05, 3.63) is 52.8 Å². The summed E-state index contributed by atoms with van der Waals surface area (Å²) < 4.78 is 19.2. The summed E-state index contributed by atoms with van der Waals surface area (Å²) in [5.41, 5.74) is 5.05. The SMILES string of the molecule is CNCc1c(C)cc(-c2cc(OC)ccc2F)cc1C.Cl. The Balaban J connectivity index is 0.00000220. The number of halogens is 2. The molecule has 0 bridgehead atoms. The number of nitrogens with one attached hydrogen (secondary N) is 1. The fourth-order valence-corrected chi connectivity index (χ4v) is 2.46. The van der Waals surface area contributed by atoms with Gasteiger partial charge in [-0.1, -0.05) is 12.1 Å². The smallest absolute Gasteiger partial charge is 0.131 e. The van der Waals surface area contributed by atoms with E-state index in [1.807, 2.05) is 19.2 Å². The van der Waals surface area contributed by atoms with Gasteiger partial charge in [-0.25, -0.2) is 4.39 Å². The van der Waals surface area contributed by atoms with Gasteiger partial charge in [-0.05, 0) is 61.3 Å². The lowest BCUT2D eigenvalue weighted by Crippen LogP contribution is -2.08. The van der Waals surface area contributed by atoms with Crippen molar-refractivity contribution >= 4 is 12.4 Å². The molecule has 2 aromatic rings. The average molecular weight is 310 g/mol. The van der Waals surface area contributed by atoms with Gasteiger partial charge < -0.3 is 10.1 Å². The molecule has 0 aliphatic carbocycles. The Kier molecular flexibility index (Phi) is 6.19. The molecule has 0 saturated carbocycles. The first-order valence-electron chi connectivity index (χ1n) is 6.65. The van der Waals surface area contributed by atoms with Gasteiger partial charge in [-0.3, -0.25) is 0 Å². The average Bonchev–Trinajstić information content (AvgIpc) is 2.43. The van der Waals surface area contributed by atoms with Crippen LogP contribution in [0.4, 0.5) is 4.39 Å². The molecule has 0 aliphatic heterocycles. The van der Waals surface area contributed by atoms with Crippen molar-refractivity contribution in [1.82, 2.24) is 5.32 Å². The Morgan fingerprint density at radius 1 is 1.10 bits per heavy atom. The number of aryl methyl sites for hydroxylation is 2. The van der Waals surface area contributed by atoms with Gasteiger partial charge in [0.25, 0.3) is 0 Å². The van der Waals surface area contributed by atoms with Crippen LogP contribution in [0.1, 0.15) is 16.7 Å². The van der Waals surface area contributed by atoms with Crippen LogP contribution in [0.2, 0.25) is 0 Å². The number of ether oxygens (including phenoxy) is 1. The van der Waals surface area contributed by atoms with E-state index < -0.39 is 0 Å². The van der Waals surface area contributed by atoms with Crippen molar-refractivity contribution in [3.8, 4) is 16.9 Å². The van der Waals surface area contributed by atoms with Crippen LogP contribution in [-0.4, -0.2) is 14.2 Å². The number of rotatable bonds is 4. The highest BCUT2D eigenvalue weighted by molar-refractivity contribution is 5.85. The second-order valence-corrected chi connectivity index (χ2v) is 4.96. The normalized spacial score (nSPS) is 10.1. The first-order valence-corrected chi connectivity index (χ1v) is 6.65. The fourth-order valence-electron chi connectivity index (χ4n) is 2.46. The summed E-state index contributed by atoms with van der Waals surface area (Å²) in [6, 6.07) is 8.87. The third-order valence-electron chi connectivity index (χ3n) is 3.53. The minimum absolute atomic E-state index is 0. The maximum Gasteiger partial charge on any atom is 0.131 e. The van der Waals surface area contributed by atoms with E-state index in [1.54, 1.807) is 19.2 Å². The Labute approximate surface area is 131 Å². The largest absolute Gasteiger partial charge is 0.497 e. The van der Waals surface area contributed by atoms with E-state index in [-0.39, 0.29) is 18.2 Å². The van der Waals surface area contributed by atoms with E-state index in [9.17, 15) is 4.39 Å². The van der Waals surface area contributed by atoms with Crippen molar-refractivity contribution in [2.45, 2.75) is 20.4 Å². The predicted octanol–water partition coefficient (Wildman–Crippen LogP) is 4.26. The van der Waals surface area contributed by atoms with Crippen molar-refractivity contribution in [1.29, 1.82) is 0 Å². The molecular weight excluding hydrogens is 289 g/mol. The zero-order valence-corrected chi connectivity index (χ0v) is 13.6. The Morgan fingerprint density at radius 3 is 2.24 bits per heavy atom. The van der Waals surface area contributed by atoms with Crippen LogP contribution in [0.25, 0.3) is 11.1 Å². The first kappa shape index (κ1) is 17.5. The summed E-state index contributed by atoms with van der Waals surface area (Å²) in [6.07, 6.45) is 0. The van der Waals surface area contributed by atoms with Crippen molar-refractivity contribution in [2.75, 3.05) is 14.2 Å². The monoisotopic (exact) mass is 309 g/mol. The molecule has 114 valence electrons. The molecule has 0 heterocycles. The van der Waals surface area contributed by atoms with E-state index in [0.717, 1.165) is 23.2 Å². The number of methoxy groups -OCH3 is 1. The van der Waals surface area contributed by atoms with Gasteiger partial charge in [0.15, 0.2) is 0 Å². The summed E-state index contributed by atoms with van der Waals surface area (Å²) in [5, 5.41) is 3.16. The van der Waals surface area contributed by atoms with E-state index >= 15 is 0 Å². The summed E-state index contributed by atoms with van der Waals surface area (Å²) in [7, 11) is 3.51. The summed E-state index contributed by atoms with van der Waals surface area (Å²) in [5.74, 6) is 0.432. The van der Waals surface area contributed by atoms with Crippen molar-refractivity contribution in [3.63, 3.8) is 0 Å². The minimum Gasteiger partial charge on any atom is -0.497 e. The maximum atomic E-state index is 14.0. The first-order chi connectivity index (χ1) is 9.56. The maximum absolute atomic E-state index is 14.0. The minimum atomic E-state index is -0.231. The highest BCUT2D eigenvalue weighted by atomic mass is 35.5. The number of hydrogen-bond donors (Lipinski definition) is 1. The second kappa shape index (κ2) is 7.43. The van der Waals surface area contributed by atoms with Crippen LogP contribution >= 0.6 is 12.4 Å². The summed E-state index contributed by atoms with van der Waals surface area (Å²) in [6.45, 7) is 4.93. The lowest BCUT2D eigenvalue weighted by Gasteiger charge is -2.13. The van der Waals surface area contributed by atoms with E-state index in [2.05, 4.69) is 19.2 Å². The quantitative estimate of drug-likeness (QED) is 0.911. The van der Waals surface area contributed by atoms with Gasteiger partial charge in [0, 0.05) is 12.1 Å². The van der Waals surface area contributed by atoms with Crippen molar-refractivity contribution < 1.29 is 9.13 Å². The second-order valence-electron chi connectivity index (χ2n) is 4.96. The fraction of sp³-hybridized carbons (Fsp3) is 0.294. The molecule has 0 spiro atoms. The zero-order valence-electron chi connectivity index (χ0n) is 12.8. The molecule has 0 amide bonds. The molecule has 4 heteroatoms. The third-order valence-corrected chi connectivity index (χ3v) is 3.53. The molecule has 2 rings (SSSR count). The van der Waals surface area contributed by atoms with Crippen LogP contribution in [0.3, 0.4) is 0 Å². The van der Waals surface area contributed by atoms with Crippen molar-refractivity contribution in [2.24, 2.45) is 0 Å². The number of hydrogen-bond acceptors (Lipinski definition) is 2. The summed E-state index contributed by atoms with van der Waals surface area (Å²) in [4.78, 5) is 0. The van der Waals surface area contributed by atoms with Gasteiger partial charge in [-0.15, -0.1) is 12.4 Å². The van der Waals surface area contributed by atoms with Gasteiger partial charge >= 0.3 is 0 Å². The Bertz CT molecular complexity index is 605. The van der Waals surface area contributed by atoms with E-state index in [0.29, 0.717) is 11.3 Å². The lowest BCUT2D eigenvalue weighted by atomic mass is 9.95. The number of benzene rings is 2. The van der Waals surface area contributed by atoms with Crippen LogP contribution in [0.15, 0.2) is 30.3 Å². The molecule has 0 radical (unpaired) electrons. The Morgan fingerprint density at radius 2 is 1.71 bits per heavy atom. The zero-order chi connectivity index (χ0) is 14.7. The molecule has 1 N–H and O–H groups in total. The van der Waals surface area contributed by atoms with E-state index in [4.69, 9.17) is 4.74 Å². The van der Waals surface area contributed by atoms with Gasteiger partial charge in [0.05, 0.1) is 7.11 Å². The third kappa shape index (κ3) is 3.74. The molecule has 0 saturated heterocycles. The highest BCUT2D eigenvalue weighted by Gasteiger charge is 2.10. The molecule has 2 nitrogen and oxygen atoms in total. The molecule has 0 unspecified atom stereocenters. The van der Waals surface area contributed by atoms with Gasteiger partial charge in [0.2, 0.25) is 0 Å². The highest BCUT2D eigenvalue weighted by Crippen LogP contribution is 2.30. The topological polar surface area (TPSA) is 21.3 Å².